The van der Waals surface area contributed by atoms with E-state index in [4.69, 9.17) is 4.74 Å². The summed E-state index contributed by atoms with van der Waals surface area (Å²) in [6, 6.07) is 17.2. The van der Waals surface area contributed by atoms with Gasteiger partial charge in [0, 0.05) is 24.0 Å². The number of carbonyl (C=O) groups excluding carboxylic acids is 2. The number of benzene rings is 2. The molecule has 0 spiro atoms. The fraction of sp³-hybridized carbons (Fsp3) is 0.200. The Hall–Kier alpha value is -2.92. The molecule has 2 aromatic carbocycles. The highest BCUT2D eigenvalue weighted by molar-refractivity contribution is 6.46. The first-order valence-corrected chi connectivity index (χ1v) is 8.33. The Balaban J connectivity index is 1.82. The van der Waals surface area contributed by atoms with Gasteiger partial charge < -0.3 is 14.6 Å². The SMILES string of the molecule is O=C(C(=O)N1CCOCC1)c1c(-c2ccccc2)[nH]c2ccccc12. The van der Waals surface area contributed by atoms with Crippen LogP contribution < -0.4 is 0 Å². The van der Waals surface area contributed by atoms with E-state index < -0.39 is 11.7 Å². The van der Waals surface area contributed by atoms with Crippen LogP contribution in [0.15, 0.2) is 54.6 Å². The zero-order valence-electron chi connectivity index (χ0n) is 13.7. The predicted octanol–water partition coefficient (Wildman–Crippen LogP) is 2.88. The molecule has 0 radical (unpaired) electrons. The Morgan fingerprint density at radius 2 is 1.60 bits per heavy atom. The number of ketones is 1. The molecule has 1 amide bonds. The van der Waals surface area contributed by atoms with Gasteiger partial charge in [0.25, 0.3) is 11.7 Å². The summed E-state index contributed by atoms with van der Waals surface area (Å²) in [6.07, 6.45) is 0. The summed E-state index contributed by atoms with van der Waals surface area (Å²) in [5, 5.41) is 0.771. The first kappa shape index (κ1) is 15.6. The number of nitrogens with zero attached hydrogens (tertiary/aromatic N) is 1. The van der Waals surface area contributed by atoms with Crippen LogP contribution in [0, 0.1) is 0 Å². The van der Waals surface area contributed by atoms with Crippen LogP contribution in [-0.4, -0.2) is 47.9 Å². The van der Waals surface area contributed by atoms with Gasteiger partial charge in [0.2, 0.25) is 0 Å². The minimum absolute atomic E-state index is 0.443. The van der Waals surface area contributed by atoms with E-state index >= 15 is 0 Å². The molecule has 25 heavy (non-hydrogen) atoms. The number of Topliss-reactive ketones (excluding diaryl/α,β-unsaturated/α-hetero) is 1. The number of carbonyl (C=O) groups is 2. The smallest absolute Gasteiger partial charge is 0.295 e. The number of hydrogen-bond donors (Lipinski definition) is 1. The number of H-pyrrole nitrogens is 1. The van der Waals surface area contributed by atoms with Crippen molar-refractivity contribution in [2.24, 2.45) is 0 Å². The Morgan fingerprint density at radius 3 is 2.36 bits per heavy atom. The molecule has 0 bridgehead atoms. The third-order valence-electron chi connectivity index (χ3n) is 4.49. The van der Waals surface area contributed by atoms with Crippen LogP contribution in [0.4, 0.5) is 0 Å². The second-order valence-corrected chi connectivity index (χ2v) is 6.02. The van der Waals surface area contributed by atoms with Gasteiger partial charge in [0.05, 0.1) is 24.5 Å². The van der Waals surface area contributed by atoms with E-state index in [1.165, 1.54) is 0 Å². The maximum atomic E-state index is 13.1. The van der Waals surface area contributed by atoms with Gasteiger partial charge in [-0.2, -0.15) is 0 Å². The van der Waals surface area contributed by atoms with Crippen LogP contribution in [0.1, 0.15) is 10.4 Å². The van der Waals surface area contributed by atoms with Crippen LogP contribution in [0.2, 0.25) is 0 Å². The first-order chi connectivity index (χ1) is 12.3. The molecule has 126 valence electrons. The zero-order valence-corrected chi connectivity index (χ0v) is 13.7. The lowest BCUT2D eigenvalue weighted by Gasteiger charge is -2.26. The summed E-state index contributed by atoms with van der Waals surface area (Å²) in [5.74, 6) is -0.941. The van der Waals surface area contributed by atoms with Gasteiger partial charge in [-0.25, -0.2) is 0 Å². The van der Waals surface area contributed by atoms with E-state index in [-0.39, 0.29) is 0 Å². The summed E-state index contributed by atoms with van der Waals surface area (Å²) >= 11 is 0. The van der Waals surface area contributed by atoms with Crippen molar-refractivity contribution in [2.75, 3.05) is 26.3 Å². The molecule has 0 unspecified atom stereocenters. The second kappa shape index (κ2) is 6.53. The first-order valence-electron chi connectivity index (χ1n) is 8.33. The Labute approximate surface area is 145 Å². The van der Waals surface area contributed by atoms with Crippen LogP contribution in [0.25, 0.3) is 22.2 Å². The minimum Gasteiger partial charge on any atom is -0.378 e. The average Bonchev–Trinajstić information content (AvgIpc) is 3.08. The molecule has 1 aliphatic rings. The molecule has 1 fully saturated rings. The van der Waals surface area contributed by atoms with Crippen LogP contribution in [-0.2, 0) is 9.53 Å². The van der Waals surface area contributed by atoms with Gasteiger partial charge in [0.15, 0.2) is 0 Å². The molecule has 0 saturated carbocycles. The Morgan fingerprint density at radius 1 is 0.920 bits per heavy atom. The number of para-hydroxylation sites is 1. The van der Waals surface area contributed by atoms with E-state index in [1.807, 2.05) is 54.6 Å². The van der Waals surface area contributed by atoms with Gasteiger partial charge in [-0.05, 0) is 11.6 Å². The third kappa shape index (κ3) is 2.83. The number of nitrogens with one attached hydrogen (secondary N) is 1. The van der Waals surface area contributed by atoms with Crippen molar-refractivity contribution in [1.82, 2.24) is 9.88 Å². The van der Waals surface area contributed by atoms with Crippen molar-refractivity contribution in [3.8, 4) is 11.3 Å². The van der Waals surface area contributed by atoms with Crippen molar-refractivity contribution in [2.45, 2.75) is 0 Å². The van der Waals surface area contributed by atoms with Gasteiger partial charge in [0.1, 0.15) is 0 Å². The number of hydrogen-bond acceptors (Lipinski definition) is 3. The lowest BCUT2D eigenvalue weighted by molar-refractivity contribution is -0.130. The topological polar surface area (TPSA) is 62.4 Å². The van der Waals surface area contributed by atoms with Crippen molar-refractivity contribution in [1.29, 1.82) is 0 Å². The lowest BCUT2D eigenvalue weighted by atomic mass is 10.0. The molecule has 4 rings (SSSR count). The number of ether oxygens (including phenoxy) is 1. The number of morpholine rings is 1. The van der Waals surface area contributed by atoms with Crippen LogP contribution >= 0.6 is 0 Å². The van der Waals surface area contributed by atoms with Crippen LogP contribution in [0.5, 0.6) is 0 Å². The highest BCUT2D eigenvalue weighted by Crippen LogP contribution is 2.31. The fourth-order valence-corrected chi connectivity index (χ4v) is 3.22. The van der Waals surface area contributed by atoms with Gasteiger partial charge in [-0.15, -0.1) is 0 Å². The number of fused-ring (bicyclic) bond motifs is 1. The second-order valence-electron chi connectivity index (χ2n) is 6.02. The summed E-state index contributed by atoms with van der Waals surface area (Å²) in [4.78, 5) is 30.7. The summed E-state index contributed by atoms with van der Waals surface area (Å²) in [6.45, 7) is 1.85. The average molecular weight is 334 g/mol. The Bertz CT molecular complexity index is 925. The molecule has 5 nitrogen and oxygen atoms in total. The normalized spacial score (nSPS) is 14.6. The largest absolute Gasteiger partial charge is 0.378 e. The van der Waals surface area contributed by atoms with Crippen LogP contribution in [0.3, 0.4) is 0 Å². The minimum atomic E-state index is -0.474. The van der Waals surface area contributed by atoms with Crippen molar-refractivity contribution in [3.05, 3.63) is 60.2 Å². The molecule has 1 N–H and O–H groups in total. The number of amides is 1. The zero-order chi connectivity index (χ0) is 17.2. The van der Waals surface area contributed by atoms with Gasteiger partial charge in [-0.3, -0.25) is 9.59 Å². The molecule has 2 heterocycles. The molecular weight excluding hydrogens is 316 g/mol. The molecular formula is C20H18N2O3. The molecule has 1 aromatic heterocycles. The van der Waals surface area contributed by atoms with E-state index in [0.29, 0.717) is 37.6 Å². The van der Waals surface area contributed by atoms with E-state index in [0.717, 1.165) is 16.5 Å². The maximum absolute atomic E-state index is 13.1. The van der Waals surface area contributed by atoms with E-state index in [2.05, 4.69) is 4.98 Å². The quantitative estimate of drug-likeness (QED) is 0.592. The van der Waals surface area contributed by atoms with Crippen molar-refractivity contribution < 1.29 is 14.3 Å². The number of aromatic amines is 1. The molecule has 5 heteroatoms. The highest BCUT2D eigenvalue weighted by atomic mass is 16.5. The van der Waals surface area contributed by atoms with Crippen molar-refractivity contribution >= 4 is 22.6 Å². The highest BCUT2D eigenvalue weighted by Gasteiger charge is 2.29. The molecule has 3 aromatic rings. The maximum Gasteiger partial charge on any atom is 0.295 e. The molecule has 0 aliphatic carbocycles. The fourth-order valence-electron chi connectivity index (χ4n) is 3.22. The van der Waals surface area contributed by atoms with Crippen molar-refractivity contribution in [3.63, 3.8) is 0 Å². The summed E-state index contributed by atoms with van der Waals surface area (Å²) in [5.41, 5.74) is 2.86. The lowest BCUT2D eigenvalue weighted by Crippen LogP contribution is -2.44. The van der Waals surface area contributed by atoms with Gasteiger partial charge in [-0.1, -0.05) is 48.5 Å². The van der Waals surface area contributed by atoms with E-state index in [1.54, 1.807) is 4.90 Å². The molecule has 1 aliphatic heterocycles. The molecule has 0 atom stereocenters. The summed E-state index contributed by atoms with van der Waals surface area (Å²) in [7, 11) is 0. The molecule has 1 saturated heterocycles. The number of rotatable bonds is 3. The summed E-state index contributed by atoms with van der Waals surface area (Å²) < 4.78 is 5.27. The number of aromatic nitrogens is 1. The standard InChI is InChI=1S/C20H18N2O3/c23-19(20(24)22-10-12-25-13-11-22)17-15-8-4-5-9-16(15)21-18(17)14-6-2-1-3-7-14/h1-9,21H,10-13H2. The monoisotopic (exact) mass is 334 g/mol. The van der Waals surface area contributed by atoms with E-state index in [9.17, 15) is 9.59 Å². The third-order valence-corrected chi connectivity index (χ3v) is 4.49. The Kier molecular flexibility index (Phi) is 4.07. The van der Waals surface area contributed by atoms with Gasteiger partial charge >= 0.3 is 0 Å². The predicted molar refractivity (Wildman–Crippen MR) is 95.5 cm³/mol.